The van der Waals surface area contributed by atoms with Gasteiger partial charge in [-0.15, -0.1) is 11.3 Å². The van der Waals surface area contributed by atoms with Crippen molar-refractivity contribution in [3.8, 4) is 0 Å². The summed E-state index contributed by atoms with van der Waals surface area (Å²) in [6, 6.07) is 3.89. The van der Waals surface area contributed by atoms with Crippen molar-refractivity contribution in [1.82, 2.24) is 4.90 Å². The van der Waals surface area contributed by atoms with Crippen molar-refractivity contribution in [3.05, 3.63) is 49.3 Å². The van der Waals surface area contributed by atoms with E-state index in [1.165, 1.54) is 25.3 Å². The lowest BCUT2D eigenvalue weighted by Crippen LogP contribution is -2.30. The second-order valence-electron chi connectivity index (χ2n) is 6.23. The summed E-state index contributed by atoms with van der Waals surface area (Å²) >= 11 is 12.5. The number of carbonyl (C=O) groups is 2. The first-order valence-corrected chi connectivity index (χ1v) is 10.8. The van der Waals surface area contributed by atoms with Crippen LogP contribution in [0.3, 0.4) is 0 Å². The van der Waals surface area contributed by atoms with Crippen LogP contribution in [-0.2, 0) is 4.74 Å². The standard InChI is InChI=1S/C19H21ClN4O5S2/c1-5-23(6-2)17(25)15-10(3)14(18(26)29-4)16(31-15)22-19(30)21-13-9-11(24(27)28)7-8-12(13)20/h7-9H,5-6H2,1-4H3,(H2,21,22,30). The van der Waals surface area contributed by atoms with Gasteiger partial charge in [-0.25, -0.2) is 4.79 Å². The molecule has 2 rings (SSSR count). The van der Waals surface area contributed by atoms with Crippen LogP contribution >= 0.6 is 35.2 Å². The molecule has 2 aromatic rings. The van der Waals surface area contributed by atoms with Crippen LogP contribution in [0.1, 0.15) is 39.4 Å². The minimum Gasteiger partial charge on any atom is -0.465 e. The van der Waals surface area contributed by atoms with Gasteiger partial charge in [0, 0.05) is 25.2 Å². The lowest BCUT2D eigenvalue weighted by atomic mass is 10.1. The second-order valence-corrected chi connectivity index (χ2v) is 8.07. The number of thiophene rings is 1. The van der Waals surface area contributed by atoms with Crippen LogP contribution in [0.15, 0.2) is 18.2 Å². The summed E-state index contributed by atoms with van der Waals surface area (Å²) < 4.78 is 4.87. The summed E-state index contributed by atoms with van der Waals surface area (Å²) in [5.41, 5.74) is 0.731. The number of non-ortho nitro benzene ring substituents is 1. The Kier molecular flexibility index (Phi) is 8.31. The van der Waals surface area contributed by atoms with Crippen molar-refractivity contribution in [1.29, 1.82) is 0 Å². The number of ether oxygens (including phenoxy) is 1. The number of nitrogens with zero attached hydrogens (tertiary/aromatic N) is 2. The number of anilines is 2. The number of hydrogen-bond donors (Lipinski definition) is 2. The Labute approximate surface area is 193 Å². The summed E-state index contributed by atoms with van der Waals surface area (Å²) in [5, 5.41) is 17.2. The molecule has 0 fully saturated rings. The first-order valence-electron chi connectivity index (χ1n) is 9.17. The Bertz CT molecular complexity index is 1040. The maximum Gasteiger partial charge on any atom is 0.341 e. The molecule has 0 bridgehead atoms. The highest BCUT2D eigenvalue weighted by Gasteiger charge is 2.27. The Morgan fingerprint density at radius 2 is 1.94 bits per heavy atom. The molecular weight excluding hydrogens is 464 g/mol. The van der Waals surface area contributed by atoms with Gasteiger partial charge in [0.15, 0.2) is 5.11 Å². The number of carbonyl (C=O) groups excluding carboxylic acids is 2. The van der Waals surface area contributed by atoms with Crippen LogP contribution in [0.5, 0.6) is 0 Å². The highest BCUT2D eigenvalue weighted by atomic mass is 35.5. The number of nitro benzene ring substituents is 1. The summed E-state index contributed by atoms with van der Waals surface area (Å²) in [6.45, 7) is 6.44. The first kappa shape index (κ1) is 24.5. The van der Waals surface area contributed by atoms with Crippen LogP contribution in [0.25, 0.3) is 0 Å². The molecule has 166 valence electrons. The van der Waals surface area contributed by atoms with Gasteiger partial charge in [0.05, 0.1) is 33.2 Å². The molecule has 0 aliphatic carbocycles. The molecule has 0 spiro atoms. The summed E-state index contributed by atoms with van der Waals surface area (Å²) in [6.07, 6.45) is 0. The van der Waals surface area contributed by atoms with Gasteiger partial charge in [0.2, 0.25) is 0 Å². The zero-order valence-electron chi connectivity index (χ0n) is 17.3. The van der Waals surface area contributed by atoms with Crippen LogP contribution in [0, 0.1) is 17.0 Å². The predicted molar refractivity (Wildman–Crippen MR) is 126 cm³/mol. The van der Waals surface area contributed by atoms with E-state index >= 15 is 0 Å². The minimum absolute atomic E-state index is 0.0376. The van der Waals surface area contributed by atoms with Gasteiger partial charge in [0.1, 0.15) is 5.00 Å². The molecule has 0 radical (unpaired) electrons. The van der Waals surface area contributed by atoms with Crippen molar-refractivity contribution in [3.63, 3.8) is 0 Å². The number of benzene rings is 1. The molecule has 12 heteroatoms. The normalized spacial score (nSPS) is 10.4. The van der Waals surface area contributed by atoms with Gasteiger partial charge < -0.3 is 20.3 Å². The molecule has 0 saturated heterocycles. The fraction of sp³-hybridized carbons (Fsp3) is 0.316. The molecular formula is C19H21ClN4O5S2. The van der Waals surface area contributed by atoms with E-state index in [2.05, 4.69) is 10.6 Å². The highest BCUT2D eigenvalue weighted by Crippen LogP contribution is 2.35. The van der Waals surface area contributed by atoms with Crippen LogP contribution in [0.2, 0.25) is 5.02 Å². The smallest absolute Gasteiger partial charge is 0.341 e. The number of hydrogen-bond acceptors (Lipinski definition) is 7. The van der Waals surface area contributed by atoms with E-state index in [1.54, 1.807) is 11.8 Å². The average molecular weight is 485 g/mol. The summed E-state index contributed by atoms with van der Waals surface area (Å²) in [7, 11) is 1.24. The van der Waals surface area contributed by atoms with Crippen molar-refractivity contribution in [2.45, 2.75) is 20.8 Å². The third-order valence-corrected chi connectivity index (χ3v) is 6.15. The number of nitrogens with one attached hydrogen (secondary N) is 2. The van der Waals surface area contributed by atoms with E-state index in [-0.39, 0.29) is 33.0 Å². The van der Waals surface area contributed by atoms with Gasteiger partial charge >= 0.3 is 5.97 Å². The Balaban J connectivity index is 2.37. The molecule has 0 aliphatic rings. The number of halogens is 1. The predicted octanol–water partition coefficient (Wildman–Crippen LogP) is 4.70. The third kappa shape index (κ3) is 5.49. The third-order valence-electron chi connectivity index (χ3n) is 4.42. The molecule has 0 unspecified atom stereocenters. The van der Waals surface area contributed by atoms with Crippen LogP contribution < -0.4 is 10.6 Å². The number of amides is 1. The van der Waals surface area contributed by atoms with Gasteiger partial charge in [-0.2, -0.15) is 0 Å². The van der Waals surface area contributed by atoms with E-state index in [0.29, 0.717) is 28.5 Å². The Hall–Kier alpha value is -2.76. The van der Waals surface area contributed by atoms with Crippen molar-refractivity contribution >= 4 is 68.5 Å². The van der Waals surface area contributed by atoms with E-state index in [9.17, 15) is 19.7 Å². The summed E-state index contributed by atoms with van der Waals surface area (Å²) in [5.74, 6) is -0.822. The van der Waals surface area contributed by atoms with Crippen LogP contribution in [0.4, 0.5) is 16.4 Å². The minimum atomic E-state index is -0.619. The number of esters is 1. The van der Waals surface area contributed by atoms with Gasteiger partial charge in [0.25, 0.3) is 11.6 Å². The number of nitro groups is 1. The van der Waals surface area contributed by atoms with Crippen molar-refractivity contribution in [2.24, 2.45) is 0 Å². The quantitative estimate of drug-likeness (QED) is 0.251. The molecule has 1 amide bonds. The largest absolute Gasteiger partial charge is 0.465 e. The maximum absolute atomic E-state index is 12.9. The molecule has 1 aromatic heterocycles. The zero-order chi connectivity index (χ0) is 23.3. The number of methoxy groups -OCH3 is 1. The molecule has 0 atom stereocenters. The zero-order valence-corrected chi connectivity index (χ0v) is 19.7. The monoisotopic (exact) mass is 484 g/mol. The Morgan fingerprint density at radius 3 is 2.48 bits per heavy atom. The second kappa shape index (κ2) is 10.5. The Morgan fingerprint density at radius 1 is 1.29 bits per heavy atom. The molecule has 1 heterocycles. The SMILES string of the molecule is CCN(CC)C(=O)c1sc(NC(=S)Nc2cc([N+](=O)[O-])ccc2Cl)c(C(=O)OC)c1C. The molecule has 9 nitrogen and oxygen atoms in total. The van der Waals surface area contributed by atoms with Gasteiger partial charge in [-0.3, -0.25) is 14.9 Å². The van der Waals surface area contributed by atoms with E-state index < -0.39 is 10.9 Å². The molecule has 1 aromatic carbocycles. The van der Waals surface area contributed by atoms with Crippen molar-refractivity contribution < 1.29 is 19.2 Å². The summed E-state index contributed by atoms with van der Waals surface area (Å²) in [4.78, 5) is 37.7. The maximum atomic E-state index is 12.9. The molecule has 0 aliphatic heterocycles. The highest BCUT2D eigenvalue weighted by molar-refractivity contribution is 7.80. The van der Waals surface area contributed by atoms with E-state index in [0.717, 1.165) is 11.3 Å². The van der Waals surface area contributed by atoms with Gasteiger partial charge in [-0.1, -0.05) is 11.6 Å². The average Bonchev–Trinajstić information content (AvgIpc) is 3.05. The lowest BCUT2D eigenvalue weighted by Gasteiger charge is -2.18. The number of thiocarbonyl (C=S) groups is 1. The van der Waals surface area contributed by atoms with E-state index in [1.807, 2.05) is 13.8 Å². The molecule has 31 heavy (non-hydrogen) atoms. The topological polar surface area (TPSA) is 114 Å². The lowest BCUT2D eigenvalue weighted by molar-refractivity contribution is -0.384. The van der Waals surface area contributed by atoms with Crippen LogP contribution in [-0.4, -0.2) is 47.0 Å². The fourth-order valence-corrected chi connectivity index (χ4v) is 4.40. The van der Waals surface area contributed by atoms with Crippen molar-refractivity contribution in [2.75, 3.05) is 30.8 Å². The molecule has 0 saturated carbocycles. The first-order chi connectivity index (χ1) is 14.6. The molecule has 2 N–H and O–H groups in total. The number of rotatable bonds is 7. The van der Waals surface area contributed by atoms with Gasteiger partial charge in [-0.05, 0) is 44.6 Å². The van der Waals surface area contributed by atoms with E-state index in [4.69, 9.17) is 28.6 Å². The fourth-order valence-electron chi connectivity index (χ4n) is 2.79.